The van der Waals surface area contributed by atoms with E-state index in [2.05, 4.69) is 20.4 Å². The molecule has 5 rings (SSSR count). The summed E-state index contributed by atoms with van der Waals surface area (Å²) in [6.07, 6.45) is 2.09. The fourth-order valence-electron chi connectivity index (χ4n) is 3.95. The Morgan fingerprint density at radius 3 is 2.76 bits per heavy atom. The Balaban J connectivity index is 1.62. The highest BCUT2D eigenvalue weighted by atomic mass is 19.1. The van der Waals surface area contributed by atoms with Crippen molar-refractivity contribution in [2.45, 2.75) is 12.5 Å². The van der Waals surface area contributed by atoms with Gasteiger partial charge in [0.25, 0.3) is 0 Å². The molecule has 2 aromatic heterocycles. The van der Waals surface area contributed by atoms with Crippen LogP contribution in [-0.2, 0) is 0 Å². The molecule has 0 saturated heterocycles. The van der Waals surface area contributed by atoms with E-state index in [0.29, 0.717) is 53.7 Å². The molecule has 190 valence electrons. The van der Waals surface area contributed by atoms with E-state index in [4.69, 9.17) is 25.4 Å². The van der Waals surface area contributed by atoms with Crippen molar-refractivity contribution in [2.75, 3.05) is 25.6 Å². The van der Waals surface area contributed by atoms with Crippen molar-refractivity contribution >= 4 is 11.5 Å². The van der Waals surface area contributed by atoms with Crippen molar-refractivity contribution in [1.29, 1.82) is 5.41 Å². The smallest absolute Gasteiger partial charge is 0.349 e. The molecule has 2 aromatic carbocycles. The number of methoxy groups -OCH3 is 1. The Hall–Kier alpha value is -4.87. The quantitative estimate of drug-likeness (QED) is 0.221. The van der Waals surface area contributed by atoms with Crippen molar-refractivity contribution in [3.63, 3.8) is 0 Å². The lowest BCUT2D eigenvalue weighted by molar-refractivity contribution is 0.289. The molecular weight excluding hydrogens is 481 g/mol. The lowest BCUT2D eigenvalue weighted by Gasteiger charge is -2.21. The molecule has 0 amide bonds. The first-order valence-corrected chi connectivity index (χ1v) is 11.4. The average molecular weight is 506 g/mol. The van der Waals surface area contributed by atoms with Crippen molar-refractivity contribution in [3.05, 3.63) is 88.0 Å². The van der Waals surface area contributed by atoms with Crippen LogP contribution in [0.1, 0.15) is 29.4 Å². The molecule has 3 heterocycles. The monoisotopic (exact) mass is 505 g/mol. The van der Waals surface area contributed by atoms with Gasteiger partial charge in [-0.3, -0.25) is 10.4 Å². The van der Waals surface area contributed by atoms with Crippen LogP contribution in [0.5, 0.6) is 17.2 Å². The molecule has 4 aromatic rings. The summed E-state index contributed by atoms with van der Waals surface area (Å²) >= 11 is 0. The van der Waals surface area contributed by atoms with Gasteiger partial charge in [0.05, 0.1) is 20.3 Å². The van der Waals surface area contributed by atoms with E-state index in [0.717, 1.165) is 4.68 Å². The first-order chi connectivity index (χ1) is 17.9. The Labute approximate surface area is 210 Å². The van der Waals surface area contributed by atoms with Gasteiger partial charge in [0.1, 0.15) is 11.9 Å². The minimum Gasteiger partial charge on any atom is -0.493 e. The standard InChI is InChI=1S/C25H24FN7O4/c1-35-18-12-15(13-19-21(18)37-11-3-10-36-19)20(30-16-7-5-14(6-8-16)22(27)28)23-31-25(34)33(32-23)24-17(26)4-2-9-29-24/h2,4-9,12-13,20,30H,3,10-11H2,1H3,(H3,27,28)(H,31,32,34). The summed E-state index contributed by atoms with van der Waals surface area (Å²) in [5.74, 6) is 0.648. The van der Waals surface area contributed by atoms with Crippen LogP contribution in [0.4, 0.5) is 10.1 Å². The topological polar surface area (TPSA) is 153 Å². The van der Waals surface area contributed by atoms with E-state index >= 15 is 0 Å². The Morgan fingerprint density at radius 2 is 2.03 bits per heavy atom. The van der Waals surface area contributed by atoms with Gasteiger partial charge in [-0.05, 0) is 54.1 Å². The predicted molar refractivity (Wildman–Crippen MR) is 133 cm³/mol. The highest BCUT2D eigenvalue weighted by Crippen LogP contribution is 2.42. The first kappa shape index (κ1) is 23.9. The van der Waals surface area contributed by atoms with Crippen molar-refractivity contribution in [1.82, 2.24) is 19.7 Å². The fraction of sp³-hybridized carbons (Fsp3) is 0.200. The van der Waals surface area contributed by atoms with Crippen LogP contribution in [0.15, 0.2) is 59.5 Å². The van der Waals surface area contributed by atoms with Gasteiger partial charge in [0.15, 0.2) is 29.0 Å². The number of hydrogen-bond acceptors (Lipinski definition) is 8. The Kier molecular flexibility index (Phi) is 6.45. The van der Waals surface area contributed by atoms with Crippen LogP contribution < -0.4 is 31.0 Å². The van der Waals surface area contributed by atoms with Gasteiger partial charge in [0.2, 0.25) is 5.75 Å². The van der Waals surface area contributed by atoms with Crippen molar-refractivity contribution < 1.29 is 18.6 Å². The summed E-state index contributed by atoms with van der Waals surface area (Å²) in [7, 11) is 1.52. The lowest BCUT2D eigenvalue weighted by Crippen LogP contribution is -2.18. The SMILES string of the molecule is COc1cc(C(Nc2ccc(C(=N)N)cc2)c2nn(-c3ncccc3F)c(=O)[nH]2)cc2c1OCCCO2. The minimum atomic E-state index is -0.727. The maximum absolute atomic E-state index is 14.4. The molecule has 1 aliphatic heterocycles. The molecule has 1 aliphatic rings. The molecular formula is C25H24FN7O4. The third-order valence-electron chi connectivity index (χ3n) is 5.74. The highest BCUT2D eigenvalue weighted by Gasteiger charge is 2.26. The molecule has 0 fully saturated rings. The van der Waals surface area contributed by atoms with E-state index < -0.39 is 17.5 Å². The van der Waals surface area contributed by atoms with Crippen molar-refractivity contribution in [2.24, 2.45) is 5.73 Å². The number of nitrogen functional groups attached to an aromatic ring is 1. The zero-order valence-corrected chi connectivity index (χ0v) is 19.8. The number of halogens is 1. The maximum Gasteiger partial charge on any atom is 0.349 e. The van der Waals surface area contributed by atoms with Crippen LogP contribution in [0.2, 0.25) is 0 Å². The summed E-state index contributed by atoms with van der Waals surface area (Å²) in [4.78, 5) is 19.5. The molecule has 12 heteroatoms. The van der Waals surface area contributed by atoms with E-state index in [1.165, 1.54) is 25.4 Å². The molecule has 0 aliphatic carbocycles. The third-order valence-corrected chi connectivity index (χ3v) is 5.74. The van der Waals surface area contributed by atoms with Crippen LogP contribution >= 0.6 is 0 Å². The van der Waals surface area contributed by atoms with Gasteiger partial charge in [-0.15, -0.1) is 5.10 Å². The number of nitrogens with one attached hydrogen (secondary N) is 3. The van der Waals surface area contributed by atoms with Gasteiger partial charge < -0.3 is 25.3 Å². The molecule has 5 N–H and O–H groups in total. The zero-order chi connectivity index (χ0) is 25.9. The number of hydrogen-bond donors (Lipinski definition) is 4. The number of H-pyrrole nitrogens is 1. The number of rotatable bonds is 7. The zero-order valence-electron chi connectivity index (χ0n) is 19.8. The van der Waals surface area contributed by atoms with Crippen LogP contribution in [0.25, 0.3) is 5.82 Å². The normalized spacial score (nSPS) is 13.5. The summed E-state index contributed by atoms with van der Waals surface area (Å²) in [5, 5.41) is 15.3. The third kappa shape index (κ3) is 4.81. The highest BCUT2D eigenvalue weighted by molar-refractivity contribution is 5.95. The number of nitrogens with two attached hydrogens (primary N) is 1. The van der Waals surface area contributed by atoms with Crippen LogP contribution in [-0.4, -0.2) is 45.9 Å². The number of fused-ring (bicyclic) bond motifs is 1. The largest absolute Gasteiger partial charge is 0.493 e. The summed E-state index contributed by atoms with van der Waals surface area (Å²) in [5.41, 5.74) is 6.77. The van der Waals surface area contributed by atoms with Gasteiger partial charge >= 0.3 is 5.69 Å². The molecule has 0 bridgehead atoms. The number of ether oxygens (including phenoxy) is 3. The number of anilines is 1. The van der Waals surface area contributed by atoms with Gasteiger partial charge in [-0.25, -0.2) is 14.2 Å². The fourth-order valence-corrected chi connectivity index (χ4v) is 3.95. The second-order valence-corrected chi connectivity index (χ2v) is 8.21. The van der Waals surface area contributed by atoms with Crippen molar-refractivity contribution in [3.8, 4) is 23.1 Å². The van der Waals surface area contributed by atoms with E-state index in [1.54, 1.807) is 36.4 Å². The second-order valence-electron chi connectivity index (χ2n) is 8.21. The van der Waals surface area contributed by atoms with Crippen LogP contribution in [0.3, 0.4) is 0 Å². The second kappa shape index (κ2) is 10.0. The lowest BCUT2D eigenvalue weighted by atomic mass is 10.0. The predicted octanol–water partition coefficient (Wildman–Crippen LogP) is 2.75. The Bertz CT molecular complexity index is 1500. The maximum atomic E-state index is 14.4. The molecule has 1 unspecified atom stereocenters. The number of aromatic amines is 1. The molecule has 0 saturated carbocycles. The first-order valence-electron chi connectivity index (χ1n) is 11.4. The number of benzene rings is 2. The summed E-state index contributed by atoms with van der Waals surface area (Å²) < 4.78 is 32.6. The number of aromatic nitrogens is 4. The molecule has 1 atom stereocenters. The van der Waals surface area contributed by atoms with E-state index in [-0.39, 0.29) is 17.5 Å². The average Bonchev–Trinajstić information content (AvgIpc) is 3.12. The number of nitrogens with zero attached hydrogens (tertiary/aromatic N) is 3. The number of amidine groups is 1. The Morgan fingerprint density at radius 1 is 1.24 bits per heavy atom. The van der Waals surface area contributed by atoms with E-state index in [9.17, 15) is 9.18 Å². The number of pyridine rings is 1. The minimum absolute atomic E-state index is 0.0591. The molecule has 0 spiro atoms. The molecule has 37 heavy (non-hydrogen) atoms. The van der Waals surface area contributed by atoms with Gasteiger partial charge in [0, 0.05) is 23.9 Å². The van der Waals surface area contributed by atoms with Gasteiger partial charge in [-0.2, -0.15) is 4.68 Å². The molecule has 0 radical (unpaired) electrons. The molecule has 11 nitrogen and oxygen atoms in total. The van der Waals surface area contributed by atoms with Crippen LogP contribution in [0, 0.1) is 11.2 Å². The summed E-state index contributed by atoms with van der Waals surface area (Å²) in [6, 6.07) is 12.3. The summed E-state index contributed by atoms with van der Waals surface area (Å²) in [6.45, 7) is 0.953. The van der Waals surface area contributed by atoms with Gasteiger partial charge in [-0.1, -0.05) is 0 Å². The van der Waals surface area contributed by atoms with E-state index in [1.807, 2.05) is 0 Å².